The van der Waals surface area contributed by atoms with E-state index in [4.69, 9.17) is 40.6 Å². The van der Waals surface area contributed by atoms with Crippen LogP contribution in [0.4, 0.5) is 41.6 Å². The number of methoxy groups -OCH3 is 1. The fourth-order valence-corrected chi connectivity index (χ4v) is 7.82. The van der Waals surface area contributed by atoms with Crippen LogP contribution in [0.25, 0.3) is 16.9 Å². The van der Waals surface area contributed by atoms with Crippen LogP contribution in [0.3, 0.4) is 0 Å². The Labute approximate surface area is 351 Å². The van der Waals surface area contributed by atoms with Crippen molar-refractivity contribution in [3.63, 3.8) is 0 Å². The minimum Gasteiger partial charge on any atom is -0.443 e. The number of anilines is 4. The topological polar surface area (TPSA) is 229 Å². The minimum absolute atomic E-state index is 0.129. The highest BCUT2D eigenvalue weighted by molar-refractivity contribution is 6.34. The molecule has 6 atom stereocenters. The number of aromatic nitrogens is 10. The summed E-state index contributed by atoms with van der Waals surface area (Å²) >= 11 is 6.54. The van der Waals surface area contributed by atoms with Crippen LogP contribution >= 0.6 is 11.6 Å². The molecule has 0 spiro atoms. The lowest BCUT2D eigenvalue weighted by atomic mass is 10.0. The van der Waals surface area contributed by atoms with Gasteiger partial charge in [-0.05, 0) is 46.5 Å². The van der Waals surface area contributed by atoms with Crippen molar-refractivity contribution in [1.82, 2.24) is 55.3 Å². The van der Waals surface area contributed by atoms with Gasteiger partial charge in [-0.3, -0.25) is 5.10 Å². The molecule has 0 bridgehead atoms. The lowest BCUT2D eigenvalue weighted by Gasteiger charge is -2.19. The van der Waals surface area contributed by atoms with Gasteiger partial charge < -0.3 is 40.2 Å². The number of hydrogen-bond donors (Lipinski definition) is 6. The molecule has 3 fully saturated rings. The van der Waals surface area contributed by atoms with Crippen LogP contribution in [-0.4, -0.2) is 107 Å². The number of amides is 2. The Bertz CT molecular complexity index is 2590. The van der Waals surface area contributed by atoms with Gasteiger partial charge in [0.05, 0.1) is 41.5 Å². The van der Waals surface area contributed by atoms with Gasteiger partial charge in [-0.25, -0.2) is 38.0 Å². The zero-order valence-electron chi connectivity index (χ0n) is 33.5. The molecule has 1 aliphatic heterocycles. The monoisotopic (exact) mass is 865 g/mol. The van der Waals surface area contributed by atoms with E-state index in [9.17, 15) is 9.59 Å². The average Bonchev–Trinajstić information content (AvgIpc) is 3.91. The first-order valence-electron chi connectivity index (χ1n) is 19.8. The van der Waals surface area contributed by atoms with Crippen molar-refractivity contribution < 1.29 is 41.8 Å². The van der Waals surface area contributed by atoms with Crippen molar-refractivity contribution in [2.75, 3.05) is 24.4 Å². The van der Waals surface area contributed by atoms with E-state index in [1.807, 2.05) is 13.0 Å². The Balaban J connectivity index is 1.03. The number of aromatic amines is 2. The number of alkyl carbamates (subject to hydrolysis) is 2. The number of rotatable bonds is 13. The molecule has 9 rings (SSSR count). The molecule has 6 aromatic heterocycles. The number of H-pyrrole nitrogens is 2. The van der Waals surface area contributed by atoms with Gasteiger partial charge in [0.25, 0.3) is 0 Å². The van der Waals surface area contributed by atoms with Gasteiger partial charge in [-0.2, -0.15) is 10.2 Å². The highest BCUT2D eigenvalue weighted by Gasteiger charge is 2.45. The molecule has 3 aliphatic rings. The van der Waals surface area contributed by atoms with E-state index in [1.54, 1.807) is 65.4 Å². The molecular weight excluding hydrogens is 822 g/mol. The number of carbonyl (C=O) groups excluding carboxylic acids is 2. The fraction of sp³-hybridized carbons (Fsp3) is 0.474. The second kappa shape index (κ2) is 16.0. The maximum atomic E-state index is 16.2. The van der Waals surface area contributed by atoms with Crippen LogP contribution in [-0.2, 0) is 25.6 Å². The van der Waals surface area contributed by atoms with Crippen LogP contribution in [0, 0.1) is 0 Å². The van der Waals surface area contributed by atoms with E-state index >= 15 is 8.78 Å². The second-order valence-corrected chi connectivity index (χ2v) is 16.4. The number of halogens is 3. The van der Waals surface area contributed by atoms with Gasteiger partial charge in [0, 0.05) is 55.2 Å². The number of carbonyl (C=O) groups is 2. The molecule has 1 saturated heterocycles. The van der Waals surface area contributed by atoms with Crippen molar-refractivity contribution in [2.24, 2.45) is 0 Å². The van der Waals surface area contributed by atoms with Crippen molar-refractivity contribution in [3.8, 4) is 5.82 Å². The third kappa shape index (κ3) is 8.09. The molecule has 2 aliphatic carbocycles. The van der Waals surface area contributed by atoms with Gasteiger partial charge in [-0.1, -0.05) is 21.4 Å². The standard InChI is InChI=1S/C38H43ClF2N14O6/c1-18(2)45-36(56)61-26-17-59-33(31(26)41)23-12-27(50-49-23)46-34-24-11-19(16-58-4)51-54(24)29(15-43-34)55-28(47-35-32-21(39)14-44-53(32)10-9-42-35)13-22(52-55)20-5-6-25(30(20)40)60-37(57)48-38(3)7-8-38/h9-15,18,20,25-26,30-31,33H,5-8,16-17H2,1-4H3,(H5,42,43,44,45,46,47,48,49,50,51,52,56,57)/p+1/t20-,25-,26+,30+,31-,33+/m0/s1. The van der Waals surface area contributed by atoms with E-state index in [1.165, 1.54) is 6.20 Å². The van der Waals surface area contributed by atoms with Crippen molar-refractivity contribution >= 4 is 58.1 Å². The van der Waals surface area contributed by atoms with E-state index in [-0.39, 0.29) is 24.8 Å². The number of ether oxygens (including phenoxy) is 4. The van der Waals surface area contributed by atoms with Crippen LogP contribution in [0.1, 0.15) is 75.6 Å². The predicted molar refractivity (Wildman–Crippen MR) is 213 cm³/mol. The molecule has 2 saturated carbocycles. The summed E-state index contributed by atoms with van der Waals surface area (Å²) in [7, 11) is 1.56. The average molecular weight is 866 g/mol. The van der Waals surface area contributed by atoms with Gasteiger partial charge in [0.15, 0.2) is 35.2 Å². The van der Waals surface area contributed by atoms with Gasteiger partial charge in [0.2, 0.25) is 5.82 Å². The summed E-state index contributed by atoms with van der Waals surface area (Å²) in [6.45, 7) is 5.55. The smallest absolute Gasteiger partial charge is 0.407 e. The van der Waals surface area contributed by atoms with E-state index in [2.05, 4.69) is 46.6 Å². The molecular formula is C38H44ClF2N14O6+. The van der Waals surface area contributed by atoms with E-state index in [0.29, 0.717) is 75.1 Å². The van der Waals surface area contributed by atoms with Gasteiger partial charge in [0.1, 0.15) is 30.1 Å². The van der Waals surface area contributed by atoms with Crippen LogP contribution < -0.4 is 25.8 Å². The third-order valence-corrected chi connectivity index (χ3v) is 11.2. The summed E-state index contributed by atoms with van der Waals surface area (Å²) in [4.78, 5) is 34.0. The molecule has 0 unspecified atom stereocenters. The Hall–Kier alpha value is -6.13. The number of nitrogens with one attached hydrogen (secondary N) is 6. The van der Waals surface area contributed by atoms with Crippen molar-refractivity contribution in [3.05, 3.63) is 65.1 Å². The largest absolute Gasteiger partial charge is 0.443 e. The maximum Gasteiger partial charge on any atom is 0.407 e. The molecule has 322 valence electrons. The summed E-state index contributed by atoms with van der Waals surface area (Å²) < 4.78 is 58.5. The Morgan fingerprint density at radius 3 is 2.67 bits per heavy atom. The molecule has 0 aromatic carbocycles. The molecule has 2 amide bonds. The summed E-state index contributed by atoms with van der Waals surface area (Å²) in [6, 6.07) is 4.96. The lowest BCUT2D eigenvalue weighted by Crippen LogP contribution is -2.38. The quantitative estimate of drug-likeness (QED) is 0.0826. The molecule has 7 heterocycles. The summed E-state index contributed by atoms with van der Waals surface area (Å²) in [5.41, 5.74) is 2.13. The first kappa shape index (κ1) is 40.3. The van der Waals surface area contributed by atoms with Crippen molar-refractivity contribution in [2.45, 2.75) is 101 Å². The van der Waals surface area contributed by atoms with Crippen LogP contribution in [0.5, 0.6) is 0 Å². The molecule has 23 heteroatoms. The summed E-state index contributed by atoms with van der Waals surface area (Å²) in [5, 5.41) is 32.0. The molecule has 20 nitrogen and oxygen atoms in total. The molecule has 6 N–H and O–H groups in total. The number of fused-ring (bicyclic) bond motifs is 2. The number of alkyl halides is 2. The Kier molecular flexibility index (Phi) is 10.6. The molecule has 6 aromatic rings. The predicted octanol–water partition coefficient (Wildman–Crippen LogP) is 5.16. The van der Waals surface area contributed by atoms with Crippen molar-refractivity contribution in [1.29, 1.82) is 0 Å². The van der Waals surface area contributed by atoms with Crippen LogP contribution in [0.2, 0.25) is 5.02 Å². The zero-order chi connectivity index (χ0) is 42.6. The van der Waals surface area contributed by atoms with Gasteiger partial charge >= 0.3 is 18.0 Å². The number of nitrogens with zero attached hydrogens (tertiary/aromatic N) is 8. The van der Waals surface area contributed by atoms with E-state index < -0.39 is 48.8 Å². The summed E-state index contributed by atoms with van der Waals surface area (Å²) in [5.74, 6) is 1.10. The maximum absolute atomic E-state index is 16.2. The first-order chi connectivity index (χ1) is 29.4. The Morgan fingerprint density at radius 2 is 1.89 bits per heavy atom. The normalized spacial score (nSPS) is 23.1. The van der Waals surface area contributed by atoms with Crippen LogP contribution in [0.15, 0.2) is 43.0 Å². The third-order valence-electron chi connectivity index (χ3n) is 10.9. The zero-order valence-corrected chi connectivity index (χ0v) is 34.2. The second-order valence-electron chi connectivity index (χ2n) is 16.0. The highest BCUT2D eigenvalue weighted by atomic mass is 35.5. The molecule has 61 heavy (non-hydrogen) atoms. The van der Waals surface area contributed by atoms with Gasteiger partial charge in [-0.15, -0.1) is 4.52 Å². The lowest BCUT2D eigenvalue weighted by molar-refractivity contribution is -0.572. The van der Waals surface area contributed by atoms with E-state index in [0.717, 1.165) is 12.8 Å². The Morgan fingerprint density at radius 1 is 1.07 bits per heavy atom. The minimum atomic E-state index is -1.65. The fourth-order valence-electron chi connectivity index (χ4n) is 7.60. The first-order valence-corrected chi connectivity index (χ1v) is 20.2. The summed E-state index contributed by atoms with van der Waals surface area (Å²) in [6.07, 6.45) is 1.01. The highest BCUT2D eigenvalue weighted by Crippen LogP contribution is 2.41. The molecule has 0 radical (unpaired) electrons. The SMILES string of the molecule is COCc1cc2c(Nc3cc([C@H]4OC[C@@H](OC(=O)NC(C)C)[C@@H]4F)[nH]n3)ncc(-n3nc([C@@H]4CC[C@H](OC(=O)NC5(C)CC5)[C@@H]4F)cc3Nc3nccn4ncc(Cl)c34)[n+]2[nH]1. The number of hydrogen-bond acceptors (Lipinski definition) is 13.